The highest BCUT2D eigenvalue weighted by atomic mass is 32.1. The second-order valence-corrected chi connectivity index (χ2v) is 7.31. The fourth-order valence-corrected chi connectivity index (χ4v) is 3.17. The molecule has 29 heavy (non-hydrogen) atoms. The van der Waals surface area contributed by atoms with Crippen LogP contribution >= 0.6 is 12.2 Å². The van der Waals surface area contributed by atoms with Gasteiger partial charge in [0.1, 0.15) is 0 Å². The van der Waals surface area contributed by atoms with Crippen LogP contribution in [0.1, 0.15) is 41.8 Å². The molecule has 0 unspecified atom stereocenters. The van der Waals surface area contributed by atoms with Gasteiger partial charge >= 0.3 is 5.97 Å². The smallest absolute Gasteiger partial charge is 0.338 e. The van der Waals surface area contributed by atoms with Crippen molar-refractivity contribution in [2.24, 2.45) is 0 Å². The summed E-state index contributed by atoms with van der Waals surface area (Å²) in [5.74, 6) is -0.329. The summed E-state index contributed by atoms with van der Waals surface area (Å²) in [6, 6.07) is 14.0. The Labute approximate surface area is 179 Å². The highest BCUT2D eigenvalue weighted by molar-refractivity contribution is 7.80. The van der Waals surface area contributed by atoms with Crippen LogP contribution in [0.15, 0.2) is 42.5 Å². The van der Waals surface area contributed by atoms with E-state index in [1.165, 1.54) is 11.3 Å². The molecular weight excluding hydrogens is 382 g/mol. The van der Waals surface area contributed by atoms with Crippen molar-refractivity contribution in [1.29, 1.82) is 0 Å². The number of hydrogen-bond acceptors (Lipinski definition) is 4. The summed E-state index contributed by atoms with van der Waals surface area (Å²) in [5, 5.41) is 6.98. The molecule has 0 saturated heterocycles. The minimum atomic E-state index is -0.329. The zero-order chi connectivity index (χ0) is 21.2. The molecule has 0 heterocycles. The first-order chi connectivity index (χ1) is 13.9. The first-order valence-electron chi connectivity index (χ1n) is 10.1. The lowest BCUT2D eigenvalue weighted by Crippen LogP contribution is -2.32. The number of carbonyl (C=O) groups excluding carboxylic acids is 1. The first kappa shape index (κ1) is 22.7. The molecular formula is C23H31N3O2S. The van der Waals surface area contributed by atoms with Crippen molar-refractivity contribution in [2.45, 2.75) is 34.1 Å². The van der Waals surface area contributed by atoms with E-state index in [1.807, 2.05) is 13.0 Å². The fourth-order valence-electron chi connectivity index (χ4n) is 2.96. The number of esters is 1. The molecule has 0 amide bonds. The standard InChI is InChI=1S/C23H31N3O2S/c1-5-26(20-12-8-17(3)9-13-20)15-7-14-24-23(29)25-21-16-19(11-10-18(21)4)22(27)28-6-2/h8-13,16H,5-7,14-15H2,1-4H3,(H2,24,25,29). The molecule has 0 aromatic heterocycles. The molecule has 2 aromatic carbocycles. The van der Waals surface area contributed by atoms with Gasteiger partial charge < -0.3 is 20.3 Å². The van der Waals surface area contributed by atoms with E-state index in [9.17, 15) is 4.79 Å². The van der Waals surface area contributed by atoms with Crippen molar-refractivity contribution in [1.82, 2.24) is 5.32 Å². The average Bonchev–Trinajstić information content (AvgIpc) is 2.71. The topological polar surface area (TPSA) is 53.6 Å². The minimum absolute atomic E-state index is 0.329. The second-order valence-electron chi connectivity index (χ2n) is 6.90. The van der Waals surface area contributed by atoms with Gasteiger partial charge in [-0.1, -0.05) is 23.8 Å². The fraction of sp³-hybridized carbons (Fsp3) is 0.391. The Kier molecular flexibility index (Phi) is 8.93. The third-order valence-corrected chi connectivity index (χ3v) is 4.91. The predicted octanol–water partition coefficient (Wildman–Crippen LogP) is 4.68. The van der Waals surface area contributed by atoms with Crippen LogP contribution in [0.4, 0.5) is 11.4 Å². The number of hydrogen-bond donors (Lipinski definition) is 2. The van der Waals surface area contributed by atoms with E-state index in [0.29, 0.717) is 17.3 Å². The van der Waals surface area contributed by atoms with E-state index < -0.39 is 0 Å². The molecule has 0 radical (unpaired) electrons. The summed E-state index contributed by atoms with van der Waals surface area (Å²) >= 11 is 5.42. The molecule has 0 atom stereocenters. The third-order valence-electron chi connectivity index (χ3n) is 4.67. The Balaban J connectivity index is 1.83. The van der Waals surface area contributed by atoms with Gasteiger partial charge in [-0.05, 0) is 76.2 Å². The molecule has 2 rings (SSSR count). The number of rotatable bonds is 9. The van der Waals surface area contributed by atoms with Crippen LogP contribution < -0.4 is 15.5 Å². The van der Waals surface area contributed by atoms with Gasteiger partial charge in [0.2, 0.25) is 0 Å². The van der Waals surface area contributed by atoms with Crippen LogP contribution in [0.3, 0.4) is 0 Å². The van der Waals surface area contributed by atoms with E-state index >= 15 is 0 Å². The Morgan fingerprint density at radius 2 is 1.83 bits per heavy atom. The van der Waals surface area contributed by atoms with E-state index in [4.69, 9.17) is 17.0 Å². The molecule has 2 N–H and O–H groups in total. The van der Waals surface area contributed by atoms with Crippen molar-refractivity contribution in [3.63, 3.8) is 0 Å². The Morgan fingerprint density at radius 1 is 1.10 bits per heavy atom. The molecule has 0 aliphatic rings. The quantitative estimate of drug-likeness (QED) is 0.354. The van der Waals surface area contributed by atoms with Crippen LogP contribution in [0.2, 0.25) is 0 Å². The SMILES string of the molecule is CCOC(=O)c1ccc(C)c(NC(=S)NCCCN(CC)c2ccc(C)cc2)c1. The molecule has 156 valence electrons. The van der Waals surface area contributed by atoms with Gasteiger partial charge in [0.15, 0.2) is 5.11 Å². The lowest BCUT2D eigenvalue weighted by atomic mass is 10.1. The minimum Gasteiger partial charge on any atom is -0.462 e. The van der Waals surface area contributed by atoms with E-state index in [0.717, 1.165) is 37.3 Å². The molecule has 0 aliphatic heterocycles. The van der Waals surface area contributed by atoms with Gasteiger partial charge in [0.25, 0.3) is 0 Å². The van der Waals surface area contributed by atoms with Crippen molar-refractivity contribution >= 4 is 34.7 Å². The van der Waals surface area contributed by atoms with E-state index in [2.05, 4.69) is 53.6 Å². The summed E-state index contributed by atoms with van der Waals surface area (Å²) in [6.45, 7) is 11.1. The van der Waals surface area contributed by atoms with Gasteiger partial charge in [0.05, 0.1) is 12.2 Å². The molecule has 0 fully saturated rings. The number of ether oxygens (including phenoxy) is 1. The van der Waals surface area contributed by atoms with Gasteiger partial charge in [-0.25, -0.2) is 4.79 Å². The predicted molar refractivity (Wildman–Crippen MR) is 125 cm³/mol. The van der Waals surface area contributed by atoms with Crippen molar-refractivity contribution < 1.29 is 9.53 Å². The molecule has 5 nitrogen and oxygen atoms in total. The molecule has 2 aromatic rings. The summed E-state index contributed by atoms with van der Waals surface area (Å²) in [7, 11) is 0. The van der Waals surface area contributed by atoms with Crippen molar-refractivity contribution in [2.75, 3.05) is 36.5 Å². The zero-order valence-electron chi connectivity index (χ0n) is 17.7. The van der Waals surface area contributed by atoms with Gasteiger partial charge in [-0.15, -0.1) is 0 Å². The summed E-state index contributed by atoms with van der Waals surface area (Å²) < 4.78 is 5.06. The van der Waals surface area contributed by atoms with E-state index in [1.54, 1.807) is 19.1 Å². The van der Waals surface area contributed by atoms with Gasteiger partial charge in [-0.2, -0.15) is 0 Å². The monoisotopic (exact) mass is 413 g/mol. The lowest BCUT2D eigenvalue weighted by molar-refractivity contribution is 0.0526. The molecule has 0 spiro atoms. The van der Waals surface area contributed by atoms with Crippen LogP contribution in [0, 0.1) is 13.8 Å². The second kappa shape index (κ2) is 11.4. The normalized spacial score (nSPS) is 10.3. The largest absolute Gasteiger partial charge is 0.462 e. The van der Waals surface area contributed by atoms with Crippen LogP contribution in [-0.2, 0) is 4.74 Å². The van der Waals surface area contributed by atoms with Crippen LogP contribution in [0.5, 0.6) is 0 Å². The summed E-state index contributed by atoms with van der Waals surface area (Å²) in [5.41, 5.74) is 4.84. The zero-order valence-corrected chi connectivity index (χ0v) is 18.6. The van der Waals surface area contributed by atoms with Crippen molar-refractivity contribution in [3.8, 4) is 0 Å². The molecule has 0 aliphatic carbocycles. The number of nitrogens with one attached hydrogen (secondary N) is 2. The maximum absolute atomic E-state index is 11.9. The Morgan fingerprint density at radius 3 is 2.48 bits per heavy atom. The van der Waals surface area contributed by atoms with Crippen LogP contribution in [0.25, 0.3) is 0 Å². The summed E-state index contributed by atoms with van der Waals surface area (Å²) in [4.78, 5) is 14.3. The first-order valence-corrected chi connectivity index (χ1v) is 10.5. The number of aryl methyl sites for hydroxylation is 2. The highest BCUT2D eigenvalue weighted by Crippen LogP contribution is 2.18. The van der Waals surface area contributed by atoms with Gasteiger partial charge in [0, 0.05) is 31.0 Å². The maximum Gasteiger partial charge on any atom is 0.338 e. The third kappa shape index (κ3) is 7.06. The molecule has 0 bridgehead atoms. The molecule has 0 saturated carbocycles. The number of anilines is 2. The number of nitrogens with zero attached hydrogens (tertiary/aromatic N) is 1. The highest BCUT2D eigenvalue weighted by Gasteiger charge is 2.10. The van der Waals surface area contributed by atoms with Crippen molar-refractivity contribution in [3.05, 3.63) is 59.2 Å². The van der Waals surface area contributed by atoms with Crippen LogP contribution in [-0.4, -0.2) is 37.3 Å². The summed E-state index contributed by atoms with van der Waals surface area (Å²) in [6.07, 6.45) is 0.964. The number of thiocarbonyl (C=S) groups is 1. The number of benzene rings is 2. The maximum atomic E-state index is 11.9. The lowest BCUT2D eigenvalue weighted by Gasteiger charge is -2.23. The Bertz CT molecular complexity index is 821. The molecule has 6 heteroatoms. The Hall–Kier alpha value is -2.60. The average molecular weight is 414 g/mol. The van der Waals surface area contributed by atoms with E-state index in [-0.39, 0.29) is 5.97 Å². The van der Waals surface area contributed by atoms with Gasteiger partial charge in [-0.3, -0.25) is 0 Å². The number of carbonyl (C=O) groups is 1.